The number of aromatic hydroxyl groups is 1. The molecule has 0 aliphatic heterocycles. The second kappa shape index (κ2) is 4.46. The molecule has 0 aliphatic carbocycles. The van der Waals surface area contributed by atoms with E-state index in [1.165, 1.54) is 0 Å². The molecule has 2 heterocycles. The van der Waals surface area contributed by atoms with Crippen LogP contribution in [-0.2, 0) is 0 Å². The van der Waals surface area contributed by atoms with Crippen molar-refractivity contribution in [2.24, 2.45) is 0 Å². The summed E-state index contributed by atoms with van der Waals surface area (Å²) in [4.78, 5) is 4.33. The normalized spacial score (nSPS) is 11.6. The van der Waals surface area contributed by atoms with Gasteiger partial charge >= 0.3 is 111 Å². The van der Waals surface area contributed by atoms with E-state index in [0.717, 1.165) is 21.4 Å². The van der Waals surface area contributed by atoms with Crippen LogP contribution >= 0.6 is 0 Å². The Kier molecular flexibility index (Phi) is 2.80. The molecule has 90 valence electrons. The Balaban J connectivity index is 2.22. The second-order valence-corrected chi connectivity index (χ2v) is 6.06. The molecule has 4 nitrogen and oxygen atoms in total. The topological polar surface area (TPSA) is 50.4 Å². The van der Waals surface area contributed by atoms with Gasteiger partial charge in [-0.25, -0.2) is 0 Å². The van der Waals surface area contributed by atoms with Crippen LogP contribution in [0, 0.1) is 0 Å². The van der Waals surface area contributed by atoms with Gasteiger partial charge in [-0.15, -0.1) is 0 Å². The van der Waals surface area contributed by atoms with Crippen LogP contribution in [0.15, 0.2) is 42.6 Å². The van der Waals surface area contributed by atoms with Crippen molar-refractivity contribution in [3.05, 3.63) is 42.6 Å². The predicted octanol–water partition coefficient (Wildman–Crippen LogP) is 1.21. The van der Waals surface area contributed by atoms with Crippen molar-refractivity contribution in [2.75, 3.05) is 0 Å². The summed E-state index contributed by atoms with van der Waals surface area (Å²) in [6.07, 6.45) is 1.79. The van der Waals surface area contributed by atoms with E-state index in [2.05, 4.69) is 15.8 Å². The van der Waals surface area contributed by atoms with Crippen LogP contribution in [0.2, 0.25) is 5.71 Å². The Morgan fingerprint density at radius 1 is 1.22 bits per heavy atom. The van der Waals surface area contributed by atoms with Crippen molar-refractivity contribution in [3.8, 4) is 17.0 Å². The average Bonchev–Trinajstić information content (AvgIpc) is 2.81. The van der Waals surface area contributed by atoms with E-state index in [0.29, 0.717) is 0 Å². The minimum atomic E-state index is -0.171. The zero-order valence-corrected chi connectivity index (χ0v) is 11.9. The molecular weight excluding hydrogens is 289 g/mol. The number of benzene rings is 1. The summed E-state index contributed by atoms with van der Waals surface area (Å²) < 4.78 is 2.99. The Morgan fingerprint density at radius 2 is 2.11 bits per heavy atom. The first-order valence-corrected chi connectivity index (χ1v) is 8.74. The third kappa shape index (κ3) is 1.89. The summed E-state index contributed by atoms with van der Waals surface area (Å²) in [7, 11) is 0. The maximum atomic E-state index is 9.54. The molecule has 2 aromatic heterocycles. The van der Waals surface area contributed by atoms with Crippen molar-refractivity contribution >= 4 is 25.9 Å². The summed E-state index contributed by atoms with van der Waals surface area (Å²) in [6, 6.07) is 11.2. The molecule has 0 saturated heterocycles. The van der Waals surface area contributed by atoms with Gasteiger partial charge in [0.1, 0.15) is 0 Å². The monoisotopic (exact) mass is 301 g/mol. The summed E-state index contributed by atoms with van der Waals surface area (Å²) in [5.41, 5.74) is 4.85. The molecule has 1 aromatic carbocycles. The zero-order chi connectivity index (χ0) is 12.5. The Morgan fingerprint density at radius 3 is 2.89 bits per heavy atom. The van der Waals surface area contributed by atoms with Crippen LogP contribution in [0.25, 0.3) is 16.9 Å². The molecule has 0 aliphatic rings. The van der Waals surface area contributed by atoms with Gasteiger partial charge in [-0.1, -0.05) is 0 Å². The van der Waals surface area contributed by atoms with E-state index in [1.54, 1.807) is 18.3 Å². The van der Waals surface area contributed by atoms with E-state index in [9.17, 15) is 5.11 Å². The molecule has 0 amide bonds. The fourth-order valence-electron chi connectivity index (χ4n) is 1.87. The van der Waals surface area contributed by atoms with Crippen LogP contribution in [0.5, 0.6) is 5.75 Å². The van der Waals surface area contributed by atoms with Gasteiger partial charge in [-0.2, -0.15) is 0 Å². The standard InChI is InChI=1S/C13H12AsN3O/c1-14-12-5-6-13-15-8-11(17(13)16-12)9-3-2-4-10(18)7-9/h2-8,14,18H,1H3. The van der Waals surface area contributed by atoms with Crippen LogP contribution in [0.1, 0.15) is 0 Å². The molecule has 1 atom stereocenters. The average molecular weight is 301 g/mol. The van der Waals surface area contributed by atoms with Crippen molar-refractivity contribution in [1.29, 1.82) is 0 Å². The number of nitrogens with zero attached hydrogens (tertiary/aromatic N) is 3. The number of phenolic OH excluding ortho intramolecular Hbond substituents is 1. The summed E-state index contributed by atoms with van der Waals surface area (Å²) >= 11 is -0.171. The molecule has 0 fully saturated rings. The van der Waals surface area contributed by atoms with Gasteiger partial charge in [-0.3, -0.25) is 0 Å². The van der Waals surface area contributed by atoms with Crippen LogP contribution in [0.3, 0.4) is 0 Å². The number of fused-ring (bicyclic) bond motifs is 1. The first-order chi connectivity index (χ1) is 8.78. The molecule has 1 unspecified atom stereocenters. The number of hydrogen-bond donors (Lipinski definition) is 1. The van der Waals surface area contributed by atoms with Crippen molar-refractivity contribution in [1.82, 2.24) is 14.6 Å². The fraction of sp³-hybridized carbons (Fsp3) is 0.0769. The third-order valence-electron chi connectivity index (χ3n) is 2.76. The molecule has 18 heavy (non-hydrogen) atoms. The predicted molar refractivity (Wildman–Crippen MR) is 72.7 cm³/mol. The fourth-order valence-corrected chi connectivity index (χ4v) is 2.81. The van der Waals surface area contributed by atoms with Crippen molar-refractivity contribution in [2.45, 2.75) is 5.71 Å². The second-order valence-electron chi connectivity index (χ2n) is 3.93. The minimum absolute atomic E-state index is 0.171. The quantitative estimate of drug-likeness (QED) is 0.724. The van der Waals surface area contributed by atoms with Gasteiger partial charge in [0.15, 0.2) is 0 Å². The third-order valence-corrected chi connectivity index (χ3v) is 4.39. The van der Waals surface area contributed by atoms with Gasteiger partial charge in [-0.05, 0) is 0 Å². The van der Waals surface area contributed by atoms with Crippen LogP contribution in [0.4, 0.5) is 0 Å². The Hall–Kier alpha value is -1.80. The van der Waals surface area contributed by atoms with E-state index in [-0.39, 0.29) is 21.5 Å². The molecule has 5 heteroatoms. The number of aromatic nitrogens is 3. The summed E-state index contributed by atoms with van der Waals surface area (Å²) in [5, 5.41) is 14.1. The zero-order valence-electron chi connectivity index (χ0n) is 9.83. The van der Waals surface area contributed by atoms with Crippen LogP contribution in [-0.4, -0.2) is 35.5 Å². The van der Waals surface area contributed by atoms with Gasteiger partial charge in [0.2, 0.25) is 0 Å². The van der Waals surface area contributed by atoms with Gasteiger partial charge in [0, 0.05) is 0 Å². The van der Waals surface area contributed by atoms with Gasteiger partial charge < -0.3 is 0 Å². The van der Waals surface area contributed by atoms with Gasteiger partial charge in [0.05, 0.1) is 0 Å². The van der Waals surface area contributed by atoms with Crippen molar-refractivity contribution < 1.29 is 5.11 Å². The molecule has 0 bridgehead atoms. The first-order valence-electron chi connectivity index (χ1n) is 5.60. The molecule has 0 spiro atoms. The van der Waals surface area contributed by atoms with Crippen LogP contribution < -0.4 is 4.48 Å². The number of imidazole rings is 1. The summed E-state index contributed by atoms with van der Waals surface area (Å²) in [5.74, 6) is 0.252. The number of rotatable bonds is 2. The molecular formula is C13H12AsN3O. The molecule has 0 saturated carbocycles. The maximum absolute atomic E-state index is 9.54. The number of phenols is 1. The Bertz CT molecular complexity index is 708. The van der Waals surface area contributed by atoms with Crippen molar-refractivity contribution in [3.63, 3.8) is 0 Å². The molecule has 1 N–H and O–H groups in total. The van der Waals surface area contributed by atoms with E-state index >= 15 is 0 Å². The van der Waals surface area contributed by atoms with E-state index in [4.69, 9.17) is 0 Å². The van der Waals surface area contributed by atoms with E-state index < -0.39 is 0 Å². The molecule has 3 aromatic rings. The van der Waals surface area contributed by atoms with Gasteiger partial charge in [0.25, 0.3) is 0 Å². The Labute approximate surface area is 111 Å². The molecule has 0 radical (unpaired) electrons. The molecule has 3 rings (SSSR count). The number of hydrogen-bond acceptors (Lipinski definition) is 3. The van der Waals surface area contributed by atoms with E-state index in [1.807, 2.05) is 28.8 Å². The SMILES string of the molecule is C[AsH]c1ccc2ncc(-c3cccc(O)c3)n2n1. The first kappa shape index (κ1) is 11.3. The summed E-state index contributed by atoms with van der Waals surface area (Å²) in [6.45, 7) is 0.